The minimum absolute atomic E-state index is 0.274. The van der Waals surface area contributed by atoms with Crippen molar-refractivity contribution in [3.8, 4) is 0 Å². The summed E-state index contributed by atoms with van der Waals surface area (Å²) in [5, 5.41) is 3.38. The molecule has 1 aliphatic rings. The third-order valence-electron chi connectivity index (χ3n) is 4.18. The first-order valence-corrected chi connectivity index (χ1v) is 8.24. The van der Waals surface area contributed by atoms with Crippen molar-refractivity contribution in [2.45, 2.75) is 13.0 Å². The van der Waals surface area contributed by atoms with Gasteiger partial charge in [0.15, 0.2) is 16.7 Å². The monoisotopic (exact) mass is 374 g/mol. The van der Waals surface area contributed by atoms with Crippen LogP contribution in [-0.4, -0.2) is 18.2 Å². The maximum absolute atomic E-state index is 13.7. The molecule has 0 radical (unpaired) electrons. The lowest BCUT2D eigenvalue weighted by Gasteiger charge is -2.37. The highest BCUT2D eigenvalue weighted by molar-refractivity contribution is 7.80. The molecule has 0 aromatic heterocycles. The molecule has 0 unspecified atom stereocenters. The van der Waals surface area contributed by atoms with Gasteiger partial charge in [0.05, 0.1) is 18.7 Å². The summed E-state index contributed by atoms with van der Waals surface area (Å²) in [6.45, 7) is 1.74. The molecule has 4 nitrogen and oxygen atoms in total. The summed E-state index contributed by atoms with van der Waals surface area (Å²) in [7, 11) is 1.27. The first kappa shape index (κ1) is 18.0. The molecule has 0 amide bonds. The number of carbonyl (C=O) groups excluding carboxylic acids is 1. The maximum atomic E-state index is 13.7. The Labute approximate surface area is 155 Å². The van der Waals surface area contributed by atoms with E-state index in [4.69, 9.17) is 17.0 Å². The van der Waals surface area contributed by atoms with Crippen LogP contribution < -0.4 is 10.2 Å². The second-order valence-corrected chi connectivity index (χ2v) is 6.10. The van der Waals surface area contributed by atoms with Crippen molar-refractivity contribution in [2.75, 3.05) is 12.0 Å². The van der Waals surface area contributed by atoms with Gasteiger partial charge in [-0.3, -0.25) is 4.90 Å². The Morgan fingerprint density at radius 2 is 1.85 bits per heavy atom. The van der Waals surface area contributed by atoms with Crippen molar-refractivity contribution in [1.82, 2.24) is 5.32 Å². The Morgan fingerprint density at radius 1 is 1.15 bits per heavy atom. The molecule has 7 heteroatoms. The van der Waals surface area contributed by atoms with Crippen LogP contribution >= 0.6 is 12.2 Å². The number of esters is 1. The predicted octanol–water partition coefficient (Wildman–Crippen LogP) is 3.85. The van der Waals surface area contributed by atoms with Crippen LogP contribution in [0.4, 0.5) is 14.5 Å². The van der Waals surface area contributed by atoms with Crippen LogP contribution in [-0.2, 0) is 9.53 Å². The van der Waals surface area contributed by atoms with Crippen molar-refractivity contribution >= 4 is 29.0 Å². The molecule has 0 bridgehead atoms. The van der Waals surface area contributed by atoms with Gasteiger partial charge in [0.25, 0.3) is 0 Å². The molecule has 0 fully saturated rings. The standard InChI is InChI=1S/C19H16F2N2O2S/c1-11-16(18(24)25-2)17(12-8-9-14(20)15(21)10-12)22-19(26)23(11)13-6-4-3-5-7-13/h3-10,17H,1-2H3,(H,22,26)/t17-/m0/s1. The van der Waals surface area contributed by atoms with Crippen molar-refractivity contribution in [1.29, 1.82) is 0 Å². The minimum atomic E-state index is -0.998. The lowest BCUT2D eigenvalue weighted by molar-refractivity contribution is -0.136. The zero-order chi connectivity index (χ0) is 18.8. The fraction of sp³-hybridized carbons (Fsp3) is 0.158. The number of rotatable bonds is 3. The summed E-state index contributed by atoms with van der Waals surface area (Å²) in [4.78, 5) is 14.1. The van der Waals surface area contributed by atoms with Gasteiger partial charge in [0.1, 0.15) is 0 Å². The molecule has 2 aromatic carbocycles. The lowest BCUT2D eigenvalue weighted by Crippen LogP contribution is -2.48. The van der Waals surface area contributed by atoms with E-state index < -0.39 is 23.6 Å². The summed E-state index contributed by atoms with van der Waals surface area (Å²) >= 11 is 5.46. The highest BCUT2D eigenvalue weighted by Crippen LogP contribution is 2.34. The van der Waals surface area contributed by atoms with E-state index >= 15 is 0 Å². The number of ether oxygens (including phenoxy) is 1. The molecule has 0 saturated carbocycles. The smallest absolute Gasteiger partial charge is 0.337 e. The van der Waals surface area contributed by atoms with Gasteiger partial charge in [-0.25, -0.2) is 13.6 Å². The fourth-order valence-electron chi connectivity index (χ4n) is 2.95. The Bertz CT molecular complexity index is 900. The number of methoxy groups -OCH3 is 1. The number of halogens is 2. The second-order valence-electron chi connectivity index (χ2n) is 5.72. The molecule has 134 valence electrons. The zero-order valence-corrected chi connectivity index (χ0v) is 14.9. The van der Waals surface area contributed by atoms with E-state index in [-0.39, 0.29) is 5.57 Å². The molecular formula is C19H16F2N2O2S. The summed E-state index contributed by atoms with van der Waals surface area (Å²) < 4.78 is 31.9. The van der Waals surface area contributed by atoms with Crippen LogP contribution in [0.15, 0.2) is 59.8 Å². The van der Waals surface area contributed by atoms with Crippen LogP contribution in [0, 0.1) is 11.6 Å². The van der Waals surface area contributed by atoms with Crippen molar-refractivity contribution in [3.63, 3.8) is 0 Å². The SMILES string of the molecule is COC(=O)C1=C(C)N(c2ccccc2)C(=S)N[C@H]1c1ccc(F)c(F)c1. The first-order chi connectivity index (χ1) is 12.4. The number of anilines is 1. The number of carbonyl (C=O) groups is 1. The quantitative estimate of drug-likeness (QED) is 0.653. The molecule has 2 aromatic rings. The second kappa shape index (κ2) is 7.21. The molecule has 3 rings (SSSR count). The van der Waals surface area contributed by atoms with Gasteiger partial charge in [-0.05, 0) is 49.0 Å². The molecule has 0 aliphatic carbocycles. The third kappa shape index (κ3) is 3.17. The molecule has 26 heavy (non-hydrogen) atoms. The minimum Gasteiger partial charge on any atom is -0.466 e. The number of nitrogens with one attached hydrogen (secondary N) is 1. The normalized spacial score (nSPS) is 17.2. The molecule has 1 N–H and O–H groups in total. The average molecular weight is 374 g/mol. The fourth-order valence-corrected chi connectivity index (χ4v) is 3.31. The molecule has 0 spiro atoms. The number of nitrogens with zero attached hydrogens (tertiary/aromatic N) is 1. The molecule has 0 saturated heterocycles. The van der Waals surface area contributed by atoms with E-state index in [1.54, 1.807) is 11.8 Å². The average Bonchev–Trinajstić information content (AvgIpc) is 2.64. The largest absolute Gasteiger partial charge is 0.466 e. The van der Waals surface area contributed by atoms with E-state index in [0.717, 1.165) is 17.8 Å². The van der Waals surface area contributed by atoms with E-state index in [1.165, 1.54) is 13.2 Å². The number of benzene rings is 2. The molecule has 1 heterocycles. The lowest BCUT2D eigenvalue weighted by atomic mass is 9.94. The van der Waals surface area contributed by atoms with Crippen LogP contribution in [0.5, 0.6) is 0 Å². The van der Waals surface area contributed by atoms with Crippen LogP contribution in [0.2, 0.25) is 0 Å². The maximum Gasteiger partial charge on any atom is 0.337 e. The Balaban J connectivity index is 2.14. The number of allylic oxidation sites excluding steroid dienone is 1. The van der Waals surface area contributed by atoms with Crippen LogP contribution in [0.3, 0.4) is 0 Å². The van der Waals surface area contributed by atoms with Gasteiger partial charge in [-0.1, -0.05) is 24.3 Å². The number of hydrogen-bond acceptors (Lipinski definition) is 3. The number of para-hydroxylation sites is 1. The van der Waals surface area contributed by atoms with Gasteiger partial charge in [-0.2, -0.15) is 0 Å². The summed E-state index contributed by atoms with van der Waals surface area (Å²) in [5.74, 6) is -2.53. The van der Waals surface area contributed by atoms with E-state index in [9.17, 15) is 13.6 Å². The van der Waals surface area contributed by atoms with Gasteiger partial charge in [0.2, 0.25) is 0 Å². The topological polar surface area (TPSA) is 41.6 Å². The highest BCUT2D eigenvalue weighted by atomic mass is 32.1. The van der Waals surface area contributed by atoms with E-state index in [2.05, 4.69) is 5.32 Å². The Morgan fingerprint density at radius 3 is 2.46 bits per heavy atom. The third-order valence-corrected chi connectivity index (χ3v) is 4.48. The van der Waals surface area contributed by atoms with Crippen LogP contribution in [0.25, 0.3) is 0 Å². The molecule has 1 aliphatic heterocycles. The van der Waals surface area contributed by atoms with E-state index in [0.29, 0.717) is 16.4 Å². The molecular weight excluding hydrogens is 358 g/mol. The van der Waals surface area contributed by atoms with Gasteiger partial charge in [0, 0.05) is 11.4 Å². The van der Waals surface area contributed by atoms with Crippen molar-refractivity contribution in [2.24, 2.45) is 0 Å². The predicted molar refractivity (Wildman–Crippen MR) is 98.5 cm³/mol. The highest BCUT2D eigenvalue weighted by Gasteiger charge is 2.35. The van der Waals surface area contributed by atoms with Gasteiger partial charge in [-0.15, -0.1) is 0 Å². The Kier molecular flexibility index (Phi) is 4.99. The number of hydrogen-bond donors (Lipinski definition) is 1. The van der Waals surface area contributed by atoms with Crippen molar-refractivity contribution in [3.05, 3.63) is 77.0 Å². The summed E-state index contributed by atoms with van der Waals surface area (Å²) in [6, 6.07) is 12.0. The van der Waals surface area contributed by atoms with Crippen molar-refractivity contribution < 1.29 is 18.3 Å². The van der Waals surface area contributed by atoms with Gasteiger partial charge >= 0.3 is 5.97 Å². The number of thiocarbonyl (C=S) groups is 1. The summed E-state index contributed by atoms with van der Waals surface area (Å²) in [5.41, 5.74) is 1.98. The first-order valence-electron chi connectivity index (χ1n) is 7.83. The Hall–Kier alpha value is -2.80. The summed E-state index contributed by atoms with van der Waals surface area (Å²) in [6.07, 6.45) is 0. The van der Waals surface area contributed by atoms with Crippen LogP contribution in [0.1, 0.15) is 18.5 Å². The van der Waals surface area contributed by atoms with Gasteiger partial charge < -0.3 is 10.1 Å². The van der Waals surface area contributed by atoms with E-state index in [1.807, 2.05) is 30.3 Å². The molecule has 1 atom stereocenters. The zero-order valence-electron chi connectivity index (χ0n) is 14.1.